The Hall–Kier alpha value is -2.14. The lowest BCUT2D eigenvalue weighted by Crippen LogP contribution is -2.16. The smallest absolute Gasteiger partial charge is 0.203 e. The van der Waals surface area contributed by atoms with Gasteiger partial charge in [-0.3, -0.25) is 5.43 Å². The number of hydrogen-bond acceptors (Lipinski definition) is 5. The fourth-order valence-electron chi connectivity index (χ4n) is 2.37. The number of anilines is 1. The molecule has 0 saturated heterocycles. The maximum Gasteiger partial charge on any atom is 0.203 e. The molecule has 120 valence electrons. The van der Waals surface area contributed by atoms with Crippen LogP contribution in [0.3, 0.4) is 0 Å². The molecule has 2 aromatic rings. The second-order valence-electron chi connectivity index (χ2n) is 6.30. The first-order valence-corrected chi connectivity index (χ1v) is 8.55. The summed E-state index contributed by atoms with van der Waals surface area (Å²) >= 11 is 1.56. The third-order valence-corrected chi connectivity index (χ3v) is 4.68. The molecule has 1 N–H and O–H groups in total. The SMILES string of the molecule is COc1ccc(-c2csc(N/N=C3/C=CC(C)(C)CC3)n2)cc1. The number of ether oxygens (including phenoxy) is 1. The van der Waals surface area contributed by atoms with Crippen LogP contribution in [0.25, 0.3) is 11.3 Å². The van der Waals surface area contributed by atoms with Gasteiger partial charge in [-0.2, -0.15) is 5.10 Å². The molecule has 5 heteroatoms. The van der Waals surface area contributed by atoms with Crippen LogP contribution in [0.1, 0.15) is 26.7 Å². The summed E-state index contributed by atoms with van der Waals surface area (Å²) in [5, 5.41) is 7.30. The molecule has 1 aliphatic carbocycles. The quantitative estimate of drug-likeness (QED) is 0.807. The predicted molar refractivity (Wildman–Crippen MR) is 97.3 cm³/mol. The Kier molecular flexibility index (Phi) is 4.48. The van der Waals surface area contributed by atoms with Gasteiger partial charge in [-0.25, -0.2) is 4.98 Å². The molecule has 4 nitrogen and oxygen atoms in total. The third-order valence-electron chi connectivity index (χ3n) is 3.94. The van der Waals surface area contributed by atoms with E-state index in [2.05, 4.69) is 41.5 Å². The van der Waals surface area contributed by atoms with Crippen LogP contribution >= 0.6 is 11.3 Å². The second-order valence-corrected chi connectivity index (χ2v) is 7.16. The van der Waals surface area contributed by atoms with Gasteiger partial charge >= 0.3 is 0 Å². The van der Waals surface area contributed by atoms with Gasteiger partial charge in [0.15, 0.2) is 0 Å². The van der Waals surface area contributed by atoms with E-state index >= 15 is 0 Å². The molecule has 0 bridgehead atoms. The molecular weight excluding hydrogens is 306 g/mol. The number of methoxy groups -OCH3 is 1. The standard InChI is InChI=1S/C18H21N3OS/c1-18(2)10-8-14(9-11-18)20-21-17-19-16(12-23-17)13-4-6-15(22-3)7-5-13/h4-8,10,12H,9,11H2,1-3H3,(H,19,21)/b20-14-. The van der Waals surface area contributed by atoms with Gasteiger partial charge in [-0.1, -0.05) is 19.9 Å². The fraction of sp³-hybridized carbons (Fsp3) is 0.333. The first kappa shape index (κ1) is 15.7. The van der Waals surface area contributed by atoms with Gasteiger partial charge in [0.05, 0.1) is 18.5 Å². The minimum atomic E-state index is 0.280. The molecule has 0 radical (unpaired) electrons. The summed E-state index contributed by atoms with van der Waals surface area (Å²) in [5.74, 6) is 0.848. The molecule has 23 heavy (non-hydrogen) atoms. The average molecular weight is 327 g/mol. The second kappa shape index (κ2) is 6.54. The van der Waals surface area contributed by atoms with Crippen LogP contribution in [-0.2, 0) is 0 Å². The molecule has 0 unspecified atom stereocenters. The first-order chi connectivity index (χ1) is 11.1. The molecule has 1 aromatic heterocycles. The van der Waals surface area contributed by atoms with E-state index in [1.807, 2.05) is 29.6 Å². The van der Waals surface area contributed by atoms with E-state index in [9.17, 15) is 0 Å². The minimum absolute atomic E-state index is 0.280. The molecule has 1 heterocycles. The molecule has 0 atom stereocenters. The minimum Gasteiger partial charge on any atom is -0.497 e. The monoisotopic (exact) mass is 327 g/mol. The van der Waals surface area contributed by atoms with E-state index < -0.39 is 0 Å². The van der Waals surface area contributed by atoms with Crippen molar-refractivity contribution >= 4 is 22.2 Å². The lowest BCUT2D eigenvalue weighted by molar-refractivity contribution is 0.415. The average Bonchev–Trinajstić information content (AvgIpc) is 3.03. The highest BCUT2D eigenvalue weighted by atomic mass is 32.1. The summed E-state index contributed by atoms with van der Waals surface area (Å²) < 4.78 is 5.18. The number of aromatic nitrogens is 1. The number of benzene rings is 1. The van der Waals surface area contributed by atoms with E-state index in [-0.39, 0.29) is 5.41 Å². The third kappa shape index (κ3) is 3.99. The Morgan fingerprint density at radius 3 is 2.70 bits per heavy atom. The summed E-state index contributed by atoms with van der Waals surface area (Å²) in [7, 11) is 1.67. The van der Waals surface area contributed by atoms with Crippen molar-refractivity contribution in [2.45, 2.75) is 26.7 Å². The van der Waals surface area contributed by atoms with Crippen molar-refractivity contribution in [3.63, 3.8) is 0 Å². The highest BCUT2D eigenvalue weighted by molar-refractivity contribution is 7.14. The van der Waals surface area contributed by atoms with Crippen molar-refractivity contribution in [1.29, 1.82) is 0 Å². The lowest BCUT2D eigenvalue weighted by atomic mass is 9.82. The number of rotatable bonds is 4. The van der Waals surface area contributed by atoms with Crippen LogP contribution in [0.5, 0.6) is 5.75 Å². The highest BCUT2D eigenvalue weighted by Crippen LogP contribution is 2.29. The van der Waals surface area contributed by atoms with Crippen molar-refractivity contribution < 1.29 is 4.74 Å². The summed E-state index contributed by atoms with van der Waals surface area (Å²) in [6.07, 6.45) is 6.45. The van der Waals surface area contributed by atoms with Crippen LogP contribution in [0.4, 0.5) is 5.13 Å². The predicted octanol–water partition coefficient (Wildman–Crippen LogP) is 4.96. The van der Waals surface area contributed by atoms with Crippen molar-refractivity contribution in [3.05, 3.63) is 41.8 Å². The molecule has 0 fully saturated rings. The highest BCUT2D eigenvalue weighted by Gasteiger charge is 2.18. The van der Waals surface area contributed by atoms with Crippen LogP contribution in [0.2, 0.25) is 0 Å². The molecule has 0 saturated carbocycles. The fourth-order valence-corrected chi connectivity index (χ4v) is 3.03. The van der Waals surface area contributed by atoms with Gasteiger partial charge in [0.25, 0.3) is 0 Å². The number of nitrogens with zero attached hydrogens (tertiary/aromatic N) is 2. The topological polar surface area (TPSA) is 46.5 Å². The van der Waals surface area contributed by atoms with Crippen molar-refractivity contribution in [2.75, 3.05) is 12.5 Å². The zero-order valence-corrected chi connectivity index (χ0v) is 14.5. The Labute approximate surface area is 140 Å². The van der Waals surface area contributed by atoms with Crippen LogP contribution in [0, 0.1) is 5.41 Å². The Morgan fingerprint density at radius 2 is 2.04 bits per heavy atom. The zero-order valence-electron chi connectivity index (χ0n) is 13.7. The molecular formula is C18H21N3OS. The summed E-state index contributed by atoms with van der Waals surface area (Å²) in [6, 6.07) is 7.90. The Balaban J connectivity index is 1.68. The van der Waals surface area contributed by atoms with Crippen molar-refractivity contribution in [3.8, 4) is 17.0 Å². The zero-order chi connectivity index (χ0) is 16.3. The van der Waals surface area contributed by atoms with E-state index in [4.69, 9.17) is 4.74 Å². The molecule has 3 rings (SSSR count). The normalized spacial score (nSPS) is 18.1. The molecule has 1 aromatic carbocycles. The van der Waals surface area contributed by atoms with E-state index in [1.54, 1.807) is 18.4 Å². The van der Waals surface area contributed by atoms with Crippen molar-refractivity contribution in [1.82, 2.24) is 4.98 Å². The largest absolute Gasteiger partial charge is 0.497 e. The van der Waals surface area contributed by atoms with Crippen LogP contribution in [-0.4, -0.2) is 17.8 Å². The Morgan fingerprint density at radius 1 is 1.26 bits per heavy atom. The number of allylic oxidation sites excluding steroid dienone is 2. The number of hydrogen-bond donors (Lipinski definition) is 1. The van der Waals surface area contributed by atoms with E-state index in [1.165, 1.54) is 0 Å². The van der Waals surface area contributed by atoms with Gasteiger partial charge in [0.1, 0.15) is 5.75 Å². The van der Waals surface area contributed by atoms with Gasteiger partial charge in [-0.05, 0) is 48.6 Å². The van der Waals surface area contributed by atoms with E-state index in [0.717, 1.165) is 40.7 Å². The van der Waals surface area contributed by atoms with Gasteiger partial charge in [-0.15, -0.1) is 11.3 Å². The van der Waals surface area contributed by atoms with Crippen LogP contribution in [0.15, 0.2) is 46.9 Å². The maximum atomic E-state index is 5.18. The summed E-state index contributed by atoms with van der Waals surface area (Å²) in [5.41, 5.74) is 6.44. The molecule has 0 amide bonds. The first-order valence-electron chi connectivity index (χ1n) is 7.67. The molecule has 1 aliphatic rings. The maximum absolute atomic E-state index is 5.18. The van der Waals surface area contributed by atoms with Gasteiger partial charge in [0, 0.05) is 10.9 Å². The van der Waals surface area contributed by atoms with Gasteiger partial charge in [0.2, 0.25) is 5.13 Å². The number of nitrogens with one attached hydrogen (secondary N) is 1. The lowest BCUT2D eigenvalue weighted by Gasteiger charge is -2.23. The van der Waals surface area contributed by atoms with E-state index in [0.29, 0.717) is 0 Å². The van der Waals surface area contributed by atoms with Gasteiger partial charge < -0.3 is 4.74 Å². The van der Waals surface area contributed by atoms with Crippen molar-refractivity contribution in [2.24, 2.45) is 10.5 Å². The summed E-state index contributed by atoms with van der Waals surface area (Å²) in [4.78, 5) is 4.58. The Bertz CT molecular complexity index is 729. The number of thiazole rings is 1. The molecule has 0 aliphatic heterocycles. The van der Waals surface area contributed by atoms with Crippen LogP contribution < -0.4 is 10.2 Å². The number of hydrazone groups is 1. The summed E-state index contributed by atoms with van der Waals surface area (Å²) in [6.45, 7) is 4.49. The molecule has 0 spiro atoms.